The summed E-state index contributed by atoms with van der Waals surface area (Å²) in [5, 5.41) is 20.2. The van der Waals surface area contributed by atoms with Crippen molar-refractivity contribution in [3.05, 3.63) is 12.2 Å². The van der Waals surface area contributed by atoms with Crippen LogP contribution in [0.5, 0.6) is 0 Å². The summed E-state index contributed by atoms with van der Waals surface area (Å²) in [6, 6.07) is 0. The van der Waals surface area contributed by atoms with Gasteiger partial charge in [0.05, 0.1) is 13.7 Å². The van der Waals surface area contributed by atoms with Gasteiger partial charge in [-0.1, -0.05) is 6.58 Å². The van der Waals surface area contributed by atoms with E-state index >= 15 is 0 Å². The van der Waals surface area contributed by atoms with Crippen molar-refractivity contribution in [1.82, 2.24) is 0 Å². The number of methoxy groups -OCH3 is 1. The minimum Gasteiger partial charge on any atom is -0.466 e. The number of hydrogen-bond acceptors (Lipinski definition) is 4. The smallest absolute Gasteiger partial charge is 0.333 e. The highest BCUT2D eigenvalue weighted by atomic mass is 16.5. The van der Waals surface area contributed by atoms with E-state index in [4.69, 9.17) is 4.74 Å². The number of ether oxygens (including phenoxy) is 1. The molecule has 2 bridgehead atoms. The fourth-order valence-electron chi connectivity index (χ4n) is 5.92. The number of fused-ring (bicyclic) bond motifs is 5. The van der Waals surface area contributed by atoms with Crippen molar-refractivity contribution in [2.24, 2.45) is 28.6 Å². The lowest BCUT2D eigenvalue weighted by Gasteiger charge is -2.50. The van der Waals surface area contributed by atoms with Crippen LogP contribution in [0.1, 0.15) is 32.1 Å². The number of carbonyl (C=O) groups is 1. The summed E-state index contributed by atoms with van der Waals surface area (Å²) in [5.41, 5.74) is -0.116. The second-order valence-corrected chi connectivity index (χ2v) is 6.89. The highest BCUT2D eigenvalue weighted by molar-refractivity contribution is 5.88. The fraction of sp³-hybridized carbons (Fsp3) is 0.812. The van der Waals surface area contributed by atoms with Crippen molar-refractivity contribution in [3.63, 3.8) is 0 Å². The van der Waals surface area contributed by atoms with Gasteiger partial charge in [0.15, 0.2) is 0 Å². The SMILES string of the molecule is C=C(C(=O)OC)C1CCC2C3CCC(CO)(C3)C12CO. The molecule has 112 valence electrons. The van der Waals surface area contributed by atoms with E-state index in [9.17, 15) is 15.0 Å². The number of aliphatic hydroxyl groups is 2. The van der Waals surface area contributed by atoms with Crippen molar-refractivity contribution in [2.45, 2.75) is 32.1 Å². The largest absolute Gasteiger partial charge is 0.466 e. The number of carbonyl (C=O) groups excluding carboxylic acids is 1. The van der Waals surface area contributed by atoms with Crippen molar-refractivity contribution in [3.8, 4) is 0 Å². The summed E-state index contributed by atoms with van der Waals surface area (Å²) in [6.07, 6.45) is 4.98. The molecule has 2 N–H and O–H groups in total. The van der Waals surface area contributed by atoms with E-state index in [0.29, 0.717) is 17.4 Å². The predicted molar refractivity (Wildman–Crippen MR) is 73.7 cm³/mol. The molecule has 0 aromatic carbocycles. The lowest BCUT2D eigenvalue weighted by molar-refractivity contribution is -0.139. The van der Waals surface area contributed by atoms with Gasteiger partial charge >= 0.3 is 5.97 Å². The summed E-state index contributed by atoms with van der Waals surface area (Å²) in [5.74, 6) is 0.575. The van der Waals surface area contributed by atoms with Crippen molar-refractivity contribution >= 4 is 5.97 Å². The van der Waals surface area contributed by atoms with E-state index in [2.05, 4.69) is 6.58 Å². The Labute approximate surface area is 119 Å². The zero-order valence-corrected chi connectivity index (χ0v) is 12.1. The first-order valence-electron chi connectivity index (χ1n) is 7.55. The maximum atomic E-state index is 11.9. The summed E-state index contributed by atoms with van der Waals surface area (Å²) >= 11 is 0. The molecule has 5 atom stereocenters. The normalized spacial score (nSPS) is 45.5. The van der Waals surface area contributed by atoms with Crippen LogP contribution in [0.25, 0.3) is 0 Å². The van der Waals surface area contributed by atoms with E-state index in [1.165, 1.54) is 7.11 Å². The van der Waals surface area contributed by atoms with Crippen LogP contribution in [-0.2, 0) is 9.53 Å². The van der Waals surface area contributed by atoms with Gasteiger partial charge in [0, 0.05) is 23.0 Å². The Balaban J connectivity index is 2.02. The number of rotatable bonds is 4. The first-order valence-corrected chi connectivity index (χ1v) is 7.55. The van der Waals surface area contributed by atoms with Gasteiger partial charge in [-0.3, -0.25) is 0 Å². The molecule has 0 aliphatic heterocycles. The second-order valence-electron chi connectivity index (χ2n) is 6.89. The van der Waals surface area contributed by atoms with Gasteiger partial charge in [-0.05, 0) is 49.9 Å². The van der Waals surface area contributed by atoms with E-state index in [1.807, 2.05) is 0 Å². The van der Waals surface area contributed by atoms with Crippen LogP contribution >= 0.6 is 0 Å². The molecule has 0 spiro atoms. The molecule has 4 heteroatoms. The summed E-state index contributed by atoms with van der Waals surface area (Å²) < 4.78 is 4.83. The monoisotopic (exact) mass is 280 g/mol. The first kappa shape index (κ1) is 14.1. The molecule has 3 aliphatic rings. The van der Waals surface area contributed by atoms with E-state index < -0.39 is 0 Å². The molecule has 0 aromatic heterocycles. The van der Waals surface area contributed by atoms with Crippen LogP contribution in [-0.4, -0.2) is 36.5 Å². The van der Waals surface area contributed by atoms with Crippen LogP contribution in [0.3, 0.4) is 0 Å². The molecule has 3 rings (SSSR count). The number of aliphatic hydroxyl groups excluding tert-OH is 2. The molecule has 0 saturated heterocycles. The number of esters is 1. The Kier molecular flexibility index (Phi) is 3.22. The molecule has 0 radical (unpaired) electrons. The summed E-state index contributed by atoms with van der Waals surface area (Å²) in [7, 11) is 1.37. The molecule has 4 nitrogen and oxygen atoms in total. The lowest BCUT2D eigenvalue weighted by atomic mass is 9.55. The van der Waals surface area contributed by atoms with Crippen molar-refractivity contribution in [2.75, 3.05) is 20.3 Å². The zero-order chi connectivity index (χ0) is 14.5. The molecule has 3 fully saturated rings. The fourth-order valence-corrected chi connectivity index (χ4v) is 5.92. The number of hydrogen-bond donors (Lipinski definition) is 2. The molecule has 20 heavy (non-hydrogen) atoms. The molecular weight excluding hydrogens is 256 g/mol. The van der Waals surface area contributed by atoms with Crippen LogP contribution in [0, 0.1) is 28.6 Å². The minimum absolute atomic E-state index is 0.0371. The molecule has 0 amide bonds. The molecule has 5 unspecified atom stereocenters. The van der Waals surface area contributed by atoms with Crippen molar-refractivity contribution in [1.29, 1.82) is 0 Å². The molecule has 0 heterocycles. The average molecular weight is 280 g/mol. The first-order chi connectivity index (χ1) is 9.56. The van der Waals surface area contributed by atoms with Gasteiger partial charge in [-0.25, -0.2) is 4.79 Å². The Morgan fingerprint density at radius 3 is 2.65 bits per heavy atom. The van der Waals surface area contributed by atoms with Gasteiger partial charge in [0.1, 0.15) is 0 Å². The zero-order valence-electron chi connectivity index (χ0n) is 12.1. The standard InChI is InChI=1S/C16H24O4/c1-10(14(19)20-2)12-3-4-13-11-5-6-15(7-11,8-17)16(12,13)9-18/h11-13,17-18H,1,3-9H2,2H3. The topological polar surface area (TPSA) is 66.8 Å². The van der Waals surface area contributed by atoms with Crippen LogP contribution in [0.2, 0.25) is 0 Å². The average Bonchev–Trinajstić information content (AvgIpc) is 3.13. The maximum absolute atomic E-state index is 11.9. The van der Waals surface area contributed by atoms with Crippen molar-refractivity contribution < 1.29 is 19.7 Å². The van der Waals surface area contributed by atoms with E-state index in [-0.39, 0.29) is 35.9 Å². The maximum Gasteiger partial charge on any atom is 0.333 e. The van der Waals surface area contributed by atoms with Gasteiger partial charge in [0.2, 0.25) is 0 Å². The molecule has 0 aromatic rings. The quantitative estimate of drug-likeness (QED) is 0.605. The third kappa shape index (κ3) is 1.41. The van der Waals surface area contributed by atoms with E-state index in [1.54, 1.807) is 0 Å². The Hall–Kier alpha value is -0.870. The molecular formula is C16H24O4. The second kappa shape index (κ2) is 4.57. The van der Waals surface area contributed by atoms with Crippen LogP contribution in [0.4, 0.5) is 0 Å². The highest BCUT2D eigenvalue weighted by Crippen LogP contribution is 2.74. The summed E-state index contributed by atoms with van der Waals surface area (Å²) in [4.78, 5) is 11.9. The Bertz CT molecular complexity index is 446. The predicted octanol–water partition coefficient (Wildman–Crippen LogP) is 1.51. The van der Waals surface area contributed by atoms with Gasteiger partial charge in [-0.2, -0.15) is 0 Å². The van der Waals surface area contributed by atoms with Crippen LogP contribution < -0.4 is 0 Å². The summed E-state index contributed by atoms with van der Waals surface area (Å²) in [6.45, 7) is 4.08. The van der Waals surface area contributed by atoms with Crippen LogP contribution in [0.15, 0.2) is 12.2 Å². The molecule has 3 saturated carbocycles. The molecule has 3 aliphatic carbocycles. The van der Waals surface area contributed by atoms with Gasteiger partial charge < -0.3 is 14.9 Å². The van der Waals surface area contributed by atoms with Gasteiger partial charge in [-0.15, -0.1) is 0 Å². The highest BCUT2D eigenvalue weighted by Gasteiger charge is 2.71. The third-order valence-electron chi connectivity index (χ3n) is 6.69. The lowest BCUT2D eigenvalue weighted by Crippen LogP contribution is -2.51. The third-order valence-corrected chi connectivity index (χ3v) is 6.69. The Morgan fingerprint density at radius 1 is 1.30 bits per heavy atom. The minimum atomic E-state index is -0.376. The van der Waals surface area contributed by atoms with Gasteiger partial charge in [0.25, 0.3) is 0 Å². The Morgan fingerprint density at radius 2 is 2.05 bits per heavy atom. The van der Waals surface area contributed by atoms with E-state index in [0.717, 1.165) is 32.1 Å².